The smallest absolute Gasteiger partial charge is 0.307 e. The summed E-state index contributed by atoms with van der Waals surface area (Å²) in [5.74, 6) is -0.402. The van der Waals surface area contributed by atoms with Crippen LogP contribution in [0.25, 0.3) is 53.9 Å². The number of aromatic nitrogens is 3. The third-order valence-corrected chi connectivity index (χ3v) is 22.2. The third-order valence-electron chi connectivity index (χ3n) is 20.1. The number of anilines is 2. The maximum atomic E-state index is 12.3. The van der Waals surface area contributed by atoms with E-state index in [1.807, 2.05) is 23.5 Å². The molecule has 17 heteroatoms. The Kier molecular flexibility index (Phi) is 12.3. The Bertz CT molecular complexity index is 4570. The number of imidazole rings is 1. The van der Waals surface area contributed by atoms with Gasteiger partial charge in [-0.15, -0.1) is 0 Å². The predicted molar refractivity (Wildman–Crippen MR) is 331 cm³/mol. The van der Waals surface area contributed by atoms with Gasteiger partial charge in [0, 0.05) is 101 Å². The second kappa shape index (κ2) is 19.7. The number of hydrogen-bond acceptors (Lipinski definition) is 10. The normalized spacial score (nSPS) is 23.2. The molecule has 10 heterocycles. The first-order chi connectivity index (χ1) is 41.5. The van der Waals surface area contributed by atoms with Crippen molar-refractivity contribution >= 4 is 98.7 Å². The number of carboxylic acids is 2. The summed E-state index contributed by atoms with van der Waals surface area (Å²) in [6.45, 7) is 10.6. The summed E-state index contributed by atoms with van der Waals surface area (Å²) in [5.41, 5.74) is 15.8. The molecule has 0 amide bonds. The molecular weight excluding hydrogens is 1120 g/mol. The molecule has 2 aromatic heterocycles. The van der Waals surface area contributed by atoms with Gasteiger partial charge < -0.3 is 34.2 Å². The Morgan fingerprint density at radius 3 is 2.23 bits per heavy atom. The number of carbonyl (C=O) groups is 2. The van der Waals surface area contributed by atoms with Crippen LogP contribution in [0.5, 0.6) is 5.75 Å². The van der Waals surface area contributed by atoms with E-state index in [4.69, 9.17) is 14.2 Å². The van der Waals surface area contributed by atoms with E-state index in [0.717, 1.165) is 118 Å². The summed E-state index contributed by atoms with van der Waals surface area (Å²) in [6.07, 6.45) is 9.16. The van der Waals surface area contributed by atoms with Crippen LogP contribution in [0.1, 0.15) is 105 Å². The number of nitrogens with zero attached hydrogens (tertiary/aromatic N) is 5. The Morgan fingerprint density at radius 1 is 0.721 bits per heavy atom. The summed E-state index contributed by atoms with van der Waals surface area (Å²) in [4.78, 5) is 28.6. The highest BCUT2D eigenvalue weighted by Gasteiger charge is 2.52. The van der Waals surface area contributed by atoms with Crippen LogP contribution in [0, 0.1) is 0 Å². The molecule has 0 aliphatic carbocycles. The number of fused-ring (bicyclic) bond motifs is 22. The molecule has 0 saturated heterocycles. The number of carboxylic acid groups (broad SMARTS) is 2. The van der Waals surface area contributed by atoms with Crippen molar-refractivity contribution in [2.75, 3.05) is 28.6 Å². The van der Waals surface area contributed by atoms with E-state index in [1.165, 1.54) is 48.7 Å². The summed E-state index contributed by atoms with van der Waals surface area (Å²) < 4.78 is 63.9. The molecule has 0 bridgehead atoms. The molecule has 438 valence electrons. The number of benzene rings is 6. The van der Waals surface area contributed by atoms with Crippen LogP contribution in [0.3, 0.4) is 0 Å². The molecule has 0 fully saturated rings. The Morgan fingerprint density at radius 2 is 1.44 bits per heavy atom. The van der Waals surface area contributed by atoms with Gasteiger partial charge in [0.2, 0.25) is 5.52 Å². The zero-order valence-electron chi connectivity index (χ0n) is 48.3. The molecule has 86 heavy (non-hydrogen) atoms. The lowest BCUT2D eigenvalue weighted by Gasteiger charge is -2.42. The van der Waals surface area contributed by atoms with Crippen LogP contribution in [0.2, 0.25) is 0 Å². The summed E-state index contributed by atoms with van der Waals surface area (Å²) in [6, 6.07) is 36.2. The van der Waals surface area contributed by atoms with E-state index < -0.39 is 27.5 Å². The predicted octanol–water partition coefficient (Wildman–Crippen LogP) is 11.5. The van der Waals surface area contributed by atoms with Crippen LogP contribution in [0.15, 0.2) is 138 Å². The third kappa shape index (κ3) is 8.31. The van der Waals surface area contributed by atoms with Gasteiger partial charge in [-0.1, -0.05) is 85.8 Å². The number of aryl methyl sites for hydroxylation is 3. The molecule has 0 spiro atoms. The quantitative estimate of drug-likeness (QED) is 0.0737. The van der Waals surface area contributed by atoms with E-state index in [2.05, 4.69) is 147 Å². The largest absolute Gasteiger partial charge is 0.489 e. The molecule has 5 atom stereocenters. The van der Waals surface area contributed by atoms with E-state index >= 15 is 0 Å². The van der Waals surface area contributed by atoms with Crippen molar-refractivity contribution in [1.29, 1.82) is 0 Å². The molecule has 3 N–H and O–H groups in total. The molecule has 6 aromatic carbocycles. The SMILES string of the molecule is CC1(C)C2=C3C=C4c5sc6c7cccc(COc8ccc9c(c8)n(CCCS(=O)(=O)O)c8[n+]9CCC9OC%10CCN%11C(=C%10C=C89)C(C)(CCCC(=O)O)c8c%11ccc9ccccc89)c7ccc6[n+]5CCC4OC3CCN2c2ccc(CC(=O)O)cc21. The summed E-state index contributed by atoms with van der Waals surface area (Å²) >= 11 is 1.83. The standard InChI is InChI=1S/C69H65N5O10S2/c1-68(2)50-33-39(34-61(77)78)14-18-51(50)70-28-22-56-46(64(68)70)37-49-59(84-56)25-31-74-54-21-17-43-41(10-6-12-45(43)63(54)85-67(49)74)38-82-42-16-20-52-55(35-42)72(27-8-32-86(79,80)81)66-48-36-47-57(83-58(48)24-30-73(52)66)23-29-71-53-19-15-40-9-4-5-11-44(40)62(53)69(3,65(47)71)26-7-13-60(75)76/h4-6,9-12,14-21,33,35-37,56-59H,7-8,13,22-32,34,38H2,1-3H3,(H-2,75,76,77,78,79,80,81)/p+2. The molecule has 8 aliphatic rings. The lowest BCUT2D eigenvalue weighted by atomic mass is 9.72. The van der Waals surface area contributed by atoms with Gasteiger partial charge in [-0.25, -0.2) is 9.13 Å². The topological polar surface area (TPSA) is 176 Å². The lowest BCUT2D eigenvalue weighted by Crippen LogP contribution is -2.49. The van der Waals surface area contributed by atoms with Gasteiger partial charge in [0.25, 0.3) is 21.0 Å². The van der Waals surface area contributed by atoms with Gasteiger partial charge in [-0.3, -0.25) is 14.1 Å². The van der Waals surface area contributed by atoms with Crippen molar-refractivity contribution in [3.8, 4) is 5.75 Å². The molecule has 15 nitrogen and oxygen atoms in total. The van der Waals surface area contributed by atoms with Gasteiger partial charge >= 0.3 is 11.9 Å². The van der Waals surface area contributed by atoms with Crippen molar-refractivity contribution in [1.82, 2.24) is 4.57 Å². The first kappa shape index (κ1) is 53.8. The number of thiazole rings is 1. The Labute approximate surface area is 502 Å². The van der Waals surface area contributed by atoms with E-state index in [0.29, 0.717) is 38.3 Å². The van der Waals surface area contributed by atoms with Crippen molar-refractivity contribution in [3.63, 3.8) is 0 Å². The maximum Gasteiger partial charge on any atom is 0.307 e. The molecule has 5 unspecified atom stereocenters. The van der Waals surface area contributed by atoms with Crippen molar-refractivity contribution in [3.05, 3.63) is 171 Å². The number of allylic oxidation sites excluding steroid dienone is 2. The van der Waals surface area contributed by atoms with Crippen LogP contribution < -0.4 is 23.7 Å². The molecule has 8 aliphatic heterocycles. The molecule has 0 radical (unpaired) electrons. The fraction of sp³-hybridized carbons (Fsp3) is 0.362. The van der Waals surface area contributed by atoms with E-state index in [9.17, 15) is 32.8 Å². The highest BCUT2D eigenvalue weighted by molar-refractivity contribution is 7.85. The Hall–Kier alpha value is -7.67. The minimum atomic E-state index is -4.24. The fourth-order valence-electron chi connectivity index (χ4n) is 16.5. The van der Waals surface area contributed by atoms with Gasteiger partial charge in [0.15, 0.2) is 17.6 Å². The first-order valence-electron chi connectivity index (χ1n) is 30.4. The van der Waals surface area contributed by atoms with Crippen LogP contribution in [-0.4, -0.2) is 82.9 Å². The molecule has 8 aromatic rings. The average molecular weight is 1190 g/mol. The molecule has 16 rings (SSSR count). The Balaban J connectivity index is 0.746. The zero-order valence-corrected chi connectivity index (χ0v) is 50.0. The molecular formula is C69H67N5O10S2+2. The van der Waals surface area contributed by atoms with Gasteiger partial charge in [0.1, 0.15) is 17.1 Å². The number of rotatable bonds is 13. The minimum absolute atomic E-state index is 0.00564. The molecule has 0 saturated carbocycles. The average Bonchev–Trinajstić information content (AvgIpc) is 1.55. The number of ether oxygens (including phenoxy) is 3. The zero-order chi connectivity index (χ0) is 58.7. The maximum absolute atomic E-state index is 12.3. The first-order valence-corrected chi connectivity index (χ1v) is 32.8. The number of hydrogen-bond donors (Lipinski definition) is 3. The minimum Gasteiger partial charge on any atom is -0.489 e. The van der Waals surface area contributed by atoms with E-state index in [-0.39, 0.29) is 54.8 Å². The van der Waals surface area contributed by atoms with Gasteiger partial charge in [0.05, 0.1) is 60.8 Å². The lowest BCUT2D eigenvalue weighted by molar-refractivity contribution is -0.679. The van der Waals surface area contributed by atoms with Crippen LogP contribution in [-0.2, 0) is 72.7 Å². The van der Waals surface area contributed by atoms with Gasteiger partial charge in [-0.2, -0.15) is 13.0 Å². The van der Waals surface area contributed by atoms with Crippen LogP contribution >= 0.6 is 11.3 Å². The van der Waals surface area contributed by atoms with Crippen molar-refractivity contribution < 1.29 is 56.1 Å². The highest BCUT2D eigenvalue weighted by Crippen LogP contribution is 2.58. The second-order valence-electron chi connectivity index (χ2n) is 25.5. The second-order valence-corrected chi connectivity index (χ2v) is 28.1. The van der Waals surface area contributed by atoms with E-state index in [1.54, 1.807) is 0 Å². The summed E-state index contributed by atoms with van der Waals surface area (Å²) in [7, 11) is -4.24. The highest BCUT2D eigenvalue weighted by atomic mass is 32.2. The van der Waals surface area contributed by atoms with Crippen molar-refractivity contribution in [2.24, 2.45) is 0 Å². The van der Waals surface area contributed by atoms with Crippen molar-refractivity contribution in [2.45, 2.75) is 140 Å². The van der Waals surface area contributed by atoms with Crippen LogP contribution in [0.4, 0.5) is 11.4 Å². The fourth-order valence-corrected chi connectivity index (χ4v) is 18.3. The monoisotopic (exact) mass is 1190 g/mol. The summed E-state index contributed by atoms with van der Waals surface area (Å²) in [5, 5.41) is 25.3. The number of aliphatic carboxylic acids is 2. The van der Waals surface area contributed by atoms with Gasteiger partial charge in [-0.05, 0) is 114 Å².